The highest BCUT2D eigenvalue weighted by molar-refractivity contribution is 6.30. The number of amides is 1. The van der Waals surface area contributed by atoms with Crippen LogP contribution in [0.3, 0.4) is 0 Å². The Balaban J connectivity index is 1.46. The van der Waals surface area contributed by atoms with E-state index in [-0.39, 0.29) is 5.91 Å². The molecule has 4 rings (SSSR count). The first-order valence-corrected chi connectivity index (χ1v) is 11.6. The molecule has 0 aliphatic rings. The molecule has 0 unspecified atom stereocenters. The zero-order chi connectivity index (χ0) is 23.8. The molecule has 0 aliphatic heterocycles. The Hall–Kier alpha value is -3.83. The van der Waals surface area contributed by atoms with Crippen molar-refractivity contribution < 1.29 is 9.53 Å². The molecule has 0 aliphatic carbocycles. The fraction of sp³-hybridized carbons (Fsp3) is 0.143. The van der Waals surface area contributed by atoms with E-state index < -0.39 is 0 Å². The van der Waals surface area contributed by atoms with Gasteiger partial charge in [0.05, 0.1) is 12.2 Å². The molecule has 0 saturated carbocycles. The number of benzene rings is 3. The van der Waals surface area contributed by atoms with Crippen LogP contribution in [0.1, 0.15) is 23.0 Å². The summed E-state index contributed by atoms with van der Waals surface area (Å²) in [5.41, 5.74) is 4.99. The molecular formula is C28H26ClN3O2. The Labute approximate surface area is 204 Å². The van der Waals surface area contributed by atoms with E-state index >= 15 is 0 Å². The van der Waals surface area contributed by atoms with Crippen LogP contribution in [0.25, 0.3) is 11.1 Å². The SMILES string of the molecule is CCOc1ccc(-c2ccc(Cl)cc2)c(C(=O)Nc2ccc(NCCc3ccccn3)cc2)c1. The lowest BCUT2D eigenvalue weighted by Gasteiger charge is -2.14. The van der Waals surface area contributed by atoms with Gasteiger partial charge < -0.3 is 15.4 Å². The number of hydrogen-bond acceptors (Lipinski definition) is 4. The fourth-order valence-corrected chi connectivity index (χ4v) is 3.73. The molecule has 172 valence electrons. The highest BCUT2D eigenvalue weighted by atomic mass is 35.5. The van der Waals surface area contributed by atoms with Gasteiger partial charge in [-0.1, -0.05) is 29.8 Å². The van der Waals surface area contributed by atoms with Gasteiger partial charge in [0.2, 0.25) is 0 Å². The minimum Gasteiger partial charge on any atom is -0.494 e. The maximum Gasteiger partial charge on any atom is 0.256 e. The van der Waals surface area contributed by atoms with Crippen LogP contribution in [0.15, 0.2) is 91.1 Å². The van der Waals surface area contributed by atoms with E-state index in [1.54, 1.807) is 12.3 Å². The molecule has 0 fully saturated rings. The number of hydrogen-bond donors (Lipinski definition) is 2. The number of nitrogens with zero attached hydrogens (tertiary/aromatic N) is 1. The van der Waals surface area contributed by atoms with Crippen molar-refractivity contribution in [2.75, 3.05) is 23.8 Å². The summed E-state index contributed by atoms with van der Waals surface area (Å²) in [5, 5.41) is 7.03. The highest BCUT2D eigenvalue weighted by Gasteiger charge is 2.15. The second kappa shape index (κ2) is 11.3. The van der Waals surface area contributed by atoms with Gasteiger partial charge in [-0.05, 0) is 84.8 Å². The highest BCUT2D eigenvalue weighted by Crippen LogP contribution is 2.29. The molecular weight excluding hydrogens is 446 g/mol. The van der Waals surface area contributed by atoms with Crippen molar-refractivity contribution in [3.05, 3.63) is 107 Å². The normalized spacial score (nSPS) is 10.5. The van der Waals surface area contributed by atoms with E-state index in [9.17, 15) is 4.79 Å². The molecule has 0 saturated heterocycles. The number of anilines is 2. The van der Waals surface area contributed by atoms with Crippen LogP contribution in [0, 0.1) is 0 Å². The maximum atomic E-state index is 13.2. The lowest BCUT2D eigenvalue weighted by Crippen LogP contribution is -2.13. The summed E-state index contributed by atoms with van der Waals surface area (Å²) >= 11 is 6.04. The average molecular weight is 472 g/mol. The number of aromatic nitrogens is 1. The standard InChI is InChI=1S/C28H26ClN3O2/c1-2-34-25-14-15-26(20-6-8-21(29)9-7-20)27(19-25)28(33)32-24-12-10-23(11-13-24)31-18-16-22-5-3-4-17-30-22/h3-15,17,19,31H,2,16,18H2,1H3,(H,32,33). The molecule has 0 bridgehead atoms. The number of rotatable bonds is 9. The van der Waals surface area contributed by atoms with Crippen LogP contribution in [0.4, 0.5) is 11.4 Å². The van der Waals surface area contributed by atoms with E-state index in [1.807, 2.05) is 85.8 Å². The largest absolute Gasteiger partial charge is 0.494 e. The third-order valence-corrected chi connectivity index (χ3v) is 5.53. The Bertz CT molecular complexity index is 1230. The van der Waals surface area contributed by atoms with Crippen molar-refractivity contribution >= 4 is 28.9 Å². The molecule has 5 nitrogen and oxygen atoms in total. The van der Waals surface area contributed by atoms with Gasteiger partial charge in [0.15, 0.2) is 0 Å². The van der Waals surface area contributed by atoms with Crippen molar-refractivity contribution in [1.82, 2.24) is 4.98 Å². The van der Waals surface area contributed by atoms with Crippen molar-refractivity contribution in [1.29, 1.82) is 0 Å². The second-order valence-corrected chi connectivity index (χ2v) is 8.11. The molecule has 3 aromatic carbocycles. The lowest BCUT2D eigenvalue weighted by molar-refractivity contribution is 0.102. The van der Waals surface area contributed by atoms with Gasteiger partial charge in [0.1, 0.15) is 5.75 Å². The number of pyridine rings is 1. The second-order valence-electron chi connectivity index (χ2n) is 7.68. The molecule has 1 amide bonds. The number of carbonyl (C=O) groups is 1. The smallest absolute Gasteiger partial charge is 0.256 e. The molecule has 1 aromatic heterocycles. The predicted octanol–water partition coefficient (Wildman–Crippen LogP) is 6.71. The zero-order valence-corrected chi connectivity index (χ0v) is 19.7. The van der Waals surface area contributed by atoms with E-state index in [0.717, 1.165) is 35.5 Å². The first-order chi connectivity index (χ1) is 16.6. The summed E-state index contributed by atoms with van der Waals surface area (Å²) in [6, 6.07) is 26.6. The molecule has 34 heavy (non-hydrogen) atoms. The zero-order valence-electron chi connectivity index (χ0n) is 18.9. The first-order valence-electron chi connectivity index (χ1n) is 11.2. The van der Waals surface area contributed by atoms with Crippen molar-refractivity contribution in [3.8, 4) is 16.9 Å². The summed E-state index contributed by atoms with van der Waals surface area (Å²) < 4.78 is 5.63. The summed E-state index contributed by atoms with van der Waals surface area (Å²) in [6.07, 6.45) is 2.64. The molecule has 1 heterocycles. The van der Waals surface area contributed by atoms with E-state index in [4.69, 9.17) is 16.3 Å². The lowest BCUT2D eigenvalue weighted by atomic mass is 9.98. The minimum atomic E-state index is -0.206. The van der Waals surface area contributed by atoms with Gasteiger partial charge in [0, 0.05) is 41.3 Å². The molecule has 0 spiro atoms. The Morgan fingerprint density at radius 3 is 2.41 bits per heavy atom. The summed E-state index contributed by atoms with van der Waals surface area (Å²) in [5.74, 6) is 0.445. The van der Waals surface area contributed by atoms with Gasteiger partial charge in [-0.15, -0.1) is 0 Å². The average Bonchev–Trinajstić information content (AvgIpc) is 2.86. The number of nitrogens with one attached hydrogen (secondary N) is 2. The van der Waals surface area contributed by atoms with Gasteiger partial charge in [-0.25, -0.2) is 0 Å². The third kappa shape index (κ3) is 6.15. The fourth-order valence-electron chi connectivity index (χ4n) is 3.60. The minimum absolute atomic E-state index is 0.206. The van der Waals surface area contributed by atoms with Gasteiger partial charge in [0.25, 0.3) is 5.91 Å². The molecule has 0 atom stereocenters. The van der Waals surface area contributed by atoms with Gasteiger partial charge >= 0.3 is 0 Å². The van der Waals surface area contributed by atoms with Crippen LogP contribution in [0.2, 0.25) is 5.02 Å². The topological polar surface area (TPSA) is 63.2 Å². The van der Waals surface area contributed by atoms with E-state index in [0.29, 0.717) is 28.6 Å². The van der Waals surface area contributed by atoms with E-state index in [2.05, 4.69) is 15.6 Å². The molecule has 6 heteroatoms. The Kier molecular flexibility index (Phi) is 7.79. The van der Waals surface area contributed by atoms with Crippen LogP contribution in [0.5, 0.6) is 5.75 Å². The van der Waals surface area contributed by atoms with Crippen molar-refractivity contribution in [2.24, 2.45) is 0 Å². The summed E-state index contributed by atoms with van der Waals surface area (Å²) in [6.45, 7) is 3.21. The quantitative estimate of drug-likeness (QED) is 0.285. The van der Waals surface area contributed by atoms with E-state index in [1.165, 1.54) is 0 Å². The number of carbonyl (C=O) groups excluding carboxylic acids is 1. The van der Waals surface area contributed by atoms with Gasteiger partial charge in [-0.2, -0.15) is 0 Å². The molecule has 2 N–H and O–H groups in total. The number of ether oxygens (including phenoxy) is 1. The van der Waals surface area contributed by atoms with Crippen LogP contribution in [-0.4, -0.2) is 24.0 Å². The van der Waals surface area contributed by atoms with Crippen molar-refractivity contribution in [3.63, 3.8) is 0 Å². The first kappa shape index (κ1) is 23.3. The maximum absolute atomic E-state index is 13.2. The number of halogens is 1. The van der Waals surface area contributed by atoms with Crippen LogP contribution in [-0.2, 0) is 6.42 Å². The predicted molar refractivity (Wildman–Crippen MR) is 139 cm³/mol. The monoisotopic (exact) mass is 471 g/mol. The van der Waals surface area contributed by atoms with Crippen molar-refractivity contribution in [2.45, 2.75) is 13.3 Å². The van der Waals surface area contributed by atoms with Gasteiger partial charge in [-0.3, -0.25) is 9.78 Å². The third-order valence-electron chi connectivity index (χ3n) is 5.28. The Morgan fingerprint density at radius 2 is 1.71 bits per heavy atom. The summed E-state index contributed by atoms with van der Waals surface area (Å²) in [7, 11) is 0. The summed E-state index contributed by atoms with van der Waals surface area (Å²) in [4.78, 5) is 17.6. The molecule has 4 aromatic rings. The van der Waals surface area contributed by atoms with Crippen LogP contribution >= 0.6 is 11.6 Å². The Morgan fingerprint density at radius 1 is 0.941 bits per heavy atom. The molecule has 0 radical (unpaired) electrons. The van der Waals surface area contributed by atoms with Crippen LogP contribution < -0.4 is 15.4 Å².